The molecule has 3 rings (SSSR count). The number of rotatable bonds is 8. The molecule has 1 fully saturated rings. The maximum absolute atomic E-state index is 12.6. The highest BCUT2D eigenvalue weighted by atomic mass is 16.7. The molecule has 0 radical (unpaired) electrons. The number of aromatic amines is 1. The second kappa shape index (κ2) is 10.2. The fourth-order valence-electron chi connectivity index (χ4n) is 3.63. The van der Waals surface area contributed by atoms with Crippen molar-refractivity contribution in [1.29, 1.82) is 0 Å². The Labute approximate surface area is 182 Å². The van der Waals surface area contributed by atoms with Gasteiger partial charge in [0.25, 0.3) is 0 Å². The molecule has 2 aromatic rings. The van der Waals surface area contributed by atoms with E-state index in [0.29, 0.717) is 26.1 Å². The van der Waals surface area contributed by atoms with Crippen molar-refractivity contribution in [1.82, 2.24) is 10.3 Å². The van der Waals surface area contributed by atoms with Gasteiger partial charge >= 0.3 is 12.1 Å². The predicted molar refractivity (Wildman–Crippen MR) is 116 cm³/mol. The highest BCUT2D eigenvalue weighted by Gasteiger charge is 2.28. The number of carbonyl (C=O) groups is 2. The molecule has 8 heteroatoms. The molecule has 1 amide bonds. The quantitative estimate of drug-likeness (QED) is 0.620. The van der Waals surface area contributed by atoms with E-state index in [2.05, 4.69) is 10.3 Å². The van der Waals surface area contributed by atoms with Crippen LogP contribution in [0.1, 0.15) is 45.4 Å². The minimum atomic E-state index is -0.869. The first-order chi connectivity index (χ1) is 14.8. The van der Waals surface area contributed by atoms with E-state index in [-0.39, 0.29) is 19.3 Å². The summed E-state index contributed by atoms with van der Waals surface area (Å²) < 4.78 is 21.7. The Balaban J connectivity index is 1.84. The molecule has 1 aromatic heterocycles. The third-order valence-electron chi connectivity index (χ3n) is 4.89. The molecule has 170 valence electrons. The molecule has 0 bridgehead atoms. The molecule has 0 unspecified atom stereocenters. The first-order valence-electron chi connectivity index (χ1n) is 10.7. The molecular weight excluding hydrogens is 400 g/mol. The van der Waals surface area contributed by atoms with Crippen molar-refractivity contribution >= 4 is 23.0 Å². The lowest BCUT2D eigenvalue weighted by Gasteiger charge is -2.23. The number of H-pyrrole nitrogens is 1. The second-order valence-electron chi connectivity index (χ2n) is 8.49. The summed E-state index contributed by atoms with van der Waals surface area (Å²) in [6, 6.07) is 7.03. The van der Waals surface area contributed by atoms with Crippen LogP contribution in [-0.2, 0) is 36.6 Å². The normalized spacial score (nSPS) is 15.7. The Hall–Kier alpha value is -2.58. The summed E-state index contributed by atoms with van der Waals surface area (Å²) in [6.45, 7) is 8.50. The predicted octanol–water partition coefficient (Wildman–Crippen LogP) is 3.47. The lowest BCUT2D eigenvalue weighted by atomic mass is 10.00. The monoisotopic (exact) mass is 432 g/mol. The van der Waals surface area contributed by atoms with E-state index in [1.165, 1.54) is 0 Å². The van der Waals surface area contributed by atoms with E-state index < -0.39 is 23.7 Å². The minimum Gasteiger partial charge on any atom is -0.464 e. The van der Waals surface area contributed by atoms with Crippen LogP contribution in [0.25, 0.3) is 10.9 Å². The number of ether oxygens (including phenoxy) is 4. The lowest BCUT2D eigenvalue weighted by molar-refractivity contribution is -0.145. The number of esters is 1. The molecule has 1 aliphatic rings. The smallest absolute Gasteiger partial charge is 0.408 e. The Bertz CT molecular complexity index is 895. The van der Waals surface area contributed by atoms with E-state index in [1.54, 1.807) is 27.7 Å². The second-order valence-corrected chi connectivity index (χ2v) is 8.49. The van der Waals surface area contributed by atoms with Crippen LogP contribution in [-0.4, -0.2) is 54.8 Å². The molecular formula is C23H32N2O6. The van der Waals surface area contributed by atoms with E-state index in [9.17, 15) is 9.59 Å². The summed E-state index contributed by atoms with van der Waals surface area (Å²) in [7, 11) is 0. The van der Waals surface area contributed by atoms with Gasteiger partial charge < -0.3 is 29.2 Å². The standard InChI is InChI=1S/C23H32N2O6/c1-5-28-21(26)19(25-22(27)31-23(2,3)4)14-16-15-8-6-7-9-17(15)24-18(16)10-11-20-29-12-13-30-20/h6-9,19-20,24H,5,10-14H2,1-4H3,(H,25,27)/t19-/m0/s1. The molecule has 0 saturated carbocycles. The van der Waals surface area contributed by atoms with Crippen LogP contribution in [0.5, 0.6) is 0 Å². The van der Waals surface area contributed by atoms with Gasteiger partial charge in [0.2, 0.25) is 0 Å². The van der Waals surface area contributed by atoms with Crippen molar-refractivity contribution < 1.29 is 28.5 Å². The zero-order valence-corrected chi connectivity index (χ0v) is 18.7. The summed E-state index contributed by atoms with van der Waals surface area (Å²) in [5.41, 5.74) is 2.25. The maximum atomic E-state index is 12.6. The third kappa shape index (κ3) is 6.45. The Morgan fingerprint density at radius 3 is 2.61 bits per heavy atom. The molecule has 31 heavy (non-hydrogen) atoms. The topological polar surface area (TPSA) is 98.9 Å². The summed E-state index contributed by atoms with van der Waals surface area (Å²) in [5, 5.41) is 3.69. The van der Waals surface area contributed by atoms with Crippen molar-refractivity contribution in [2.45, 2.75) is 64.9 Å². The highest BCUT2D eigenvalue weighted by molar-refractivity contribution is 5.87. The van der Waals surface area contributed by atoms with Gasteiger partial charge in [-0.05, 0) is 45.7 Å². The van der Waals surface area contributed by atoms with Crippen LogP contribution in [0.4, 0.5) is 4.79 Å². The van der Waals surface area contributed by atoms with E-state index in [1.807, 2.05) is 24.3 Å². The lowest BCUT2D eigenvalue weighted by Crippen LogP contribution is -2.45. The molecule has 1 aromatic carbocycles. The summed E-state index contributed by atoms with van der Waals surface area (Å²) in [6.07, 6.45) is 0.795. The number of fused-ring (bicyclic) bond motifs is 1. The Morgan fingerprint density at radius 1 is 1.23 bits per heavy atom. The van der Waals surface area contributed by atoms with Gasteiger partial charge in [-0.2, -0.15) is 0 Å². The Kier molecular flexibility index (Phi) is 7.56. The number of hydrogen-bond acceptors (Lipinski definition) is 6. The minimum absolute atomic E-state index is 0.222. The number of amides is 1. The third-order valence-corrected chi connectivity index (χ3v) is 4.89. The number of para-hydroxylation sites is 1. The summed E-state index contributed by atoms with van der Waals surface area (Å²) >= 11 is 0. The molecule has 1 aliphatic heterocycles. The van der Waals surface area contributed by atoms with Crippen LogP contribution < -0.4 is 5.32 Å². The van der Waals surface area contributed by atoms with E-state index >= 15 is 0 Å². The fraction of sp³-hybridized carbons (Fsp3) is 0.565. The zero-order valence-electron chi connectivity index (χ0n) is 18.7. The van der Waals surface area contributed by atoms with Gasteiger partial charge in [-0.3, -0.25) is 0 Å². The summed E-state index contributed by atoms with van der Waals surface area (Å²) in [4.78, 5) is 28.5. The highest BCUT2D eigenvalue weighted by Crippen LogP contribution is 2.26. The molecule has 2 N–H and O–H groups in total. The van der Waals surface area contributed by atoms with Gasteiger partial charge in [-0.25, -0.2) is 9.59 Å². The molecule has 0 spiro atoms. The van der Waals surface area contributed by atoms with E-state index in [4.69, 9.17) is 18.9 Å². The first kappa shape index (κ1) is 23.1. The van der Waals surface area contributed by atoms with Crippen molar-refractivity contribution in [3.05, 3.63) is 35.5 Å². The first-order valence-corrected chi connectivity index (χ1v) is 10.7. The van der Waals surface area contributed by atoms with Crippen molar-refractivity contribution in [3.63, 3.8) is 0 Å². The van der Waals surface area contributed by atoms with E-state index in [0.717, 1.165) is 22.2 Å². The van der Waals surface area contributed by atoms with Crippen LogP contribution in [0, 0.1) is 0 Å². The summed E-state index contributed by atoms with van der Waals surface area (Å²) in [5.74, 6) is -0.493. The number of aryl methyl sites for hydroxylation is 1. The largest absolute Gasteiger partial charge is 0.464 e. The van der Waals surface area contributed by atoms with Crippen LogP contribution in [0.15, 0.2) is 24.3 Å². The zero-order chi connectivity index (χ0) is 22.4. The molecule has 2 heterocycles. The molecule has 1 atom stereocenters. The molecule has 1 saturated heterocycles. The number of alkyl carbamates (subject to hydrolysis) is 1. The van der Waals surface area contributed by atoms with Crippen LogP contribution >= 0.6 is 0 Å². The van der Waals surface area contributed by atoms with Gasteiger partial charge in [-0.1, -0.05) is 18.2 Å². The van der Waals surface area contributed by atoms with Crippen molar-refractivity contribution in [2.75, 3.05) is 19.8 Å². The number of nitrogens with one attached hydrogen (secondary N) is 2. The number of aromatic nitrogens is 1. The van der Waals surface area contributed by atoms with Gasteiger partial charge in [0.1, 0.15) is 11.6 Å². The Morgan fingerprint density at radius 2 is 1.94 bits per heavy atom. The van der Waals surface area contributed by atoms with Gasteiger partial charge in [0.15, 0.2) is 6.29 Å². The van der Waals surface area contributed by atoms with Crippen molar-refractivity contribution in [2.24, 2.45) is 0 Å². The van der Waals surface area contributed by atoms with Crippen LogP contribution in [0.2, 0.25) is 0 Å². The average molecular weight is 433 g/mol. The SMILES string of the molecule is CCOC(=O)[C@H](Cc1c(CCC2OCCO2)[nH]c2ccccc12)NC(=O)OC(C)(C)C. The fourth-order valence-corrected chi connectivity index (χ4v) is 3.63. The number of benzene rings is 1. The molecule has 0 aliphatic carbocycles. The number of carbonyl (C=O) groups excluding carboxylic acids is 2. The van der Waals surface area contributed by atoms with Gasteiger partial charge in [0.05, 0.1) is 19.8 Å². The number of hydrogen-bond donors (Lipinski definition) is 2. The average Bonchev–Trinajstić information content (AvgIpc) is 3.32. The molecule has 8 nitrogen and oxygen atoms in total. The van der Waals surface area contributed by atoms with Gasteiger partial charge in [0, 0.05) is 29.4 Å². The van der Waals surface area contributed by atoms with Gasteiger partial charge in [-0.15, -0.1) is 0 Å². The maximum Gasteiger partial charge on any atom is 0.408 e. The van der Waals surface area contributed by atoms with Crippen molar-refractivity contribution in [3.8, 4) is 0 Å². The van der Waals surface area contributed by atoms with Crippen LogP contribution in [0.3, 0.4) is 0 Å².